The van der Waals surface area contributed by atoms with Crippen LogP contribution in [0.3, 0.4) is 0 Å². The number of anilines is 4. The van der Waals surface area contributed by atoms with Gasteiger partial charge in [-0.25, -0.2) is 29.5 Å². The van der Waals surface area contributed by atoms with Gasteiger partial charge in [0.25, 0.3) is 11.8 Å². The number of nitrogen functional groups attached to an aromatic ring is 2. The van der Waals surface area contributed by atoms with Crippen LogP contribution in [0.1, 0.15) is 57.8 Å². The van der Waals surface area contributed by atoms with E-state index >= 15 is 0 Å². The minimum absolute atomic E-state index is 0. The Morgan fingerprint density at radius 3 is 1.27 bits per heavy atom. The molecule has 2 amide bonds. The first-order valence-corrected chi connectivity index (χ1v) is 19.4. The van der Waals surface area contributed by atoms with Crippen molar-refractivity contribution in [1.82, 2.24) is 49.7 Å². The third kappa shape index (κ3) is 14.1. The van der Waals surface area contributed by atoms with Gasteiger partial charge in [-0.2, -0.15) is 9.97 Å². The molecular formula is C40H40CaN14O12. The van der Waals surface area contributed by atoms with E-state index in [0.29, 0.717) is 34.1 Å². The number of benzene rings is 2. The molecule has 0 saturated heterocycles. The van der Waals surface area contributed by atoms with E-state index in [2.05, 4.69) is 51.2 Å². The van der Waals surface area contributed by atoms with Crippen LogP contribution in [-0.4, -0.2) is 135 Å². The number of carboxylic acids is 4. The minimum Gasteiger partial charge on any atom is -0.550 e. The molecule has 4 heterocycles. The first kappa shape index (κ1) is 51.8. The van der Waals surface area contributed by atoms with Crippen LogP contribution in [0.2, 0.25) is 0 Å². The predicted molar refractivity (Wildman–Crippen MR) is 234 cm³/mol. The quantitative estimate of drug-likeness (QED) is 0.0395. The number of nitrogens with two attached hydrogens (primary N) is 2. The Balaban J connectivity index is 0.000000288. The van der Waals surface area contributed by atoms with Gasteiger partial charge in [-0.3, -0.25) is 28.3 Å². The van der Waals surface area contributed by atoms with Crippen LogP contribution in [0, 0.1) is 0 Å². The molecule has 0 radical (unpaired) electrons. The Labute approximate surface area is 406 Å². The molecule has 344 valence electrons. The van der Waals surface area contributed by atoms with Gasteiger partial charge in [-0.1, -0.05) is 0 Å². The molecule has 0 bridgehead atoms. The van der Waals surface area contributed by atoms with Crippen molar-refractivity contribution in [3.8, 4) is 0 Å². The van der Waals surface area contributed by atoms with E-state index < -0.39 is 71.7 Å². The number of aryl methyl sites for hydroxylation is 2. The van der Waals surface area contributed by atoms with Crippen molar-refractivity contribution in [2.45, 2.75) is 50.9 Å². The zero-order valence-corrected chi connectivity index (χ0v) is 37.8. The summed E-state index contributed by atoms with van der Waals surface area (Å²) < 4.78 is 2.91. The first-order chi connectivity index (χ1) is 31.3. The van der Waals surface area contributed by atoms with E-state index in [-0.39, 0.29) is 97.7 Å². The van der Waals surface area contributed by atoms with Gasteiger partial charge >= 0.3 is 60.8 Å². The van der Waals surface area contributed by atoms with Gasteiger partial charge < -0.3 is 62.7 Å². The molecular weight excluding hydrogens is 909 g/mol. The molecule has 0 aliphatic rings. The topological polar surface area (TPSA) is 410 Å². The fourth-order valence-electron chi connectivity index (χ4n) is 5.85. The second kappa shape index (κ2) is 23.4. The third-order valence-corrected chi connectivity index (χ3v) is 9.49. The van der Waals surface area contributed by atoms with Gasteiger partial charge in [0.15, 0.2) is 22.3 Å². The summed E-state index contributed by atoms with van der Waals surface area (Å²) in [4.78, 5) is 117. The van der Waals surface area contributed by atoms with Crippen molar-refractivity contribution in [1.29, 1.82) is 0 Å². The number of aliphatic carboxylic acids is 4. The molecule has 0 saturated carbocycles. The van der Waals surface area contributed by atoms with Crippen LogP contribution in [0.15, 0.2) is 70.5 Å². The Morgan fingerprint density at radius 2 is 0.955 bits per heavy atom. The summed E-state index contributed by atoms with van der Waals surface area (Å²) in [7, 11) is 3.24. The largest absolute Gasteiger partial charge is 2.00 e. The number of amides is 2. The second-order valence-electron chi connectivity index (χ2n) is 14.1. The van der Waals surface area contributed by atoms with Gasteiger partial charge in [0.05, 0.1) is 36.9 Å². The van der Waals surface area contributed by atoms with Crippen molar-refractivity contribution in [3.63, 3.8) is 0 Å². The number of nitrogens with zero attached hydrogens (tertiary/aromatic N) is 8. The summed E-state index contributed by atoms with van der Waals surface area (Å²) in [6.45, 7) is 0.457. The Hall–Kier alpha value is -7.84. The summed E-state index contributed by atoms with van der Waals surface area (Å²) in [5.41, 5.74) is 13.5. The minimum atomic E-state index is -1.40. The van der Waals surface area contributed by atoms with E-state index in [0.717, 1.165) is 0 Å². The number of hydrogen-bond donors (Lipinski definition) is 8. The summed E-state index contributed by atoms with van der Waals surface area (Å²) in [6, 6.07) is 9.60. The SMILES string of the molecule is Cn1c(N)nc(=O)c2nc(CNc3ccc(C(=O)N[C@@H](CCC(=O)[O-])C(=O)O)cc3)cnc21.Cn1c(N)nc(=O)c2nc(CNc3ccc(C(=O)N[C@@H](CCC(=O)[O-])C(=O)O)cc3)cnc21.[Ca+2]. The fourth-order valence-corrected chi connectivity index (χ4v) is 5.85. The fraction of sp³-hybridized carbons (Fsp3) is 0.250. The van der Waals surface area contributed by atoms with Crippen molar-refractivity contribution in [3.05, 3.63) is 104 Å². The molecule has 6 aromatic rings. The smallest absolute Gasteiger partial charge is 0.550 e. The van der Waals surface area contributed by atoms with Gasteiger partial charge in [-0.05, 0) is 74.2 Å². The Morgan fingerprint density at radius 1 is 0.612 bits per heavy atom. The zero-order valence-electron chi connectivity index (χ0n) is 35.6. The molecule has 0 aliphatic heterocycles. The average Bonchev–Trinajstić information content (AvgIpc) is 3.28. The van der Waals surface area contributed by atoms with E-state index in [1.165, 1.54) is 45.8 Å². The molecule has 0 unspecified atom stereocenters. The monoisotopic (exact) mass is 948 g/mol. The summed E-state index contributed by atoms with van der Waals surface area (Å²) in [5, 5.41) is 50.1. The van der Waals surface area contributed by atoms with E-state index in [1.807, 2.05) is 0 Å². The van der Waals surface area contributed by atoms with E-state index in [1.54, 1.807) is 38.4 Å². The number of rotatable bonds is 18. The molecule has 0 fully saturated rings. The Bertz CT molecular complexity index is 2750. The van der Waals surface area contributed by atoms with Crippen LogP contribution in [0.25, 0.3) is 22.3 Å². The summed E-state index contributed by atoms with van der Waals surface area (Å²) in [5.74, 6) is -6.73. The van der Waals surface area contributed by atoms with Gasteiger partial charge in [-0.15, -0.1) is 0 Å². The zero-order chi connectivity index (χ0) is 48.2. The maximum atomic E-state index is 12.3. The number of carboxylic acid groups (broad SMARTS) is 4. The first-order valence-electron chi connectivity index (χ1n) is 19.4. The maximum Gasteiger partial charge on any atom is 2.00 e. The molecule has 26 nitrogen and oxygen atoms in total. The summed E-state index contributed by atoms with van der Waals surface area (Å²) >= 11 is 0. The molecule has 2 atom stereocenters. The Kier molecular flexibility index (Phi) is 18.1. The van der Waals surface area contributed by atoms with Gasteiger partial charge in [0, 0.05) is 48.5 Å². The molecule has 0 aliphatic carbocycles. The van der Waals surface area contributed by atoms with Crippen LogP contribution in [-0.2, 0) is 46.4 Å². The standard InChI is InChI=1S/2C20H21N7O6.Ca/c2*1-27-16-15(18(31)26-20(27)21)24-12(9-23-16)8-22-11-4-2-10(3-5-11)17(30)25-13(19(32)33)6-7-14(28)29;/h2*2-5,9,13,22H,6-8H2,1H3,(H,25,30)(H,28,29)(H,32,33)(H2,21,26,31);/q;;+2/p-2/t2*13-;/m00./s1. The second-order valence-corrected chi connectivity index (χ2v) is 14.1. The molecule has 0 spiro atoms. The number of nitrogens with one attached hydrogen (secondary N) is 4. The maximum absolute atomic E-state index is 12.3. The van der Waals surface area contributed by atoms with Crippen LogP contribution >= 0.6 is 0 Å². The van der Waals surface area contributed by atoms with Gasteiger partial charge in [0.2, 0.25) is 11.9 Å². The molecule has 67 heavy (non-hydrogen) atoms. The van der Waals surface area contributed by atoms with Crippen LogP contribution in [0.5, 0.6) is 0 Å². The number of carbonyl (C=O) groups is 6. The summed E-state index contributed by atoms with van der Waals surface area (Å²) in [6.07, 6.45) is 1.42. The number of hydrogen-bond acceptors (Lipinski definition) is 20. The molecule has 4 aromatic heterocycles. The van der Waals surface area contributed by atoms with Crippen LogP contribution < -0.4 is 54.1 Å². The van der Waals surface area contributed by atoms with Crippen LogP contribution in [0.4, 0.5) is 23.3 Å². The van der Waals surface area contributed by atoms with Crippen molar-refractivity contribution >= 4 is 119 Å². The van der Waals surface area contributed by atoms with Gasteiger partial charge in [0.1, 0.15) is 12.1 Å². The number of carbonyl (C=O) groups excluding carboxylic acids is 4. The average molecular weight is 949 g/mol. The van der Waals surface area contributed by atoms with E-state index in [9.17, 15) is 48.6 Å². The van der Waals surface area contributed by atoms with Crippen molar-refractivity contribution < 1.29 is 49.2 Å². The normalized spacial score (nSPS) is 11.5. The molecule has 10 N–H and O–H groups in total. The third-order valence-electron chi connectivity index (χ3n) is 9.49. The molecule has 27 heteroatoms. The molecule has 2 aromatic carbocycles. The van der Waals surface area contributed by atoms with Crippen molar-refractivity contribution in [2.75, 3.05) is 22.1 Å². The number of fused-ring (bicyclic) bond motifs is 2. The predicted octanol–water partition coefficient (Wildman–Crippen LogP) is -3.12. The van der Waals surface area contributed by atoms with Crippen molar-refractivity contribution in [2.24, 2.45) is 14.1 Å². The van der Waals surface area contributed by atoms with E-state index in [4.69, 9.17) is 21.7 Å². The molecule has 6 rings (SSSR count). The number of aromatic nitrogens is 8.